The lowest BCUT2D eigenvalue weighted by Gasteiger charge is -2.26. The molecule has 1 saturated heterocycles. The average Bonchev–Trinajstić information content (AvgIpc) is 3.51. The van der Waals surface area contributed by atoms with Crippen LogP contribution in [0.2, 0.25) is 0 Å². The third-order valence-electron chi connectivity index (χ3n) is 6.32. The molecule has 5 nitrogen and oxygen atoms in total. The third-order valence-corrected chi connectivity index (χ3v) is 6.32. The molecule has 1 atom stereocenters. The second-order valence-corrected chi connectivity index (χ2v) is 8.67. The molecule has 2 aliphatic rings. The number of amides is 2. The predicted octanol–water partition coefficient (Wildman–Crippen LogP) is 4.25. The Hall–Kier alpha value is -2.66. The minimum atomic E-state index is 0.00595. The van der Waals surface area contributed by atoms with Gasteiger partial charge in [-0.05, 0) is 48.9 Å². The molecular formula is C26H32N2O3. The minimum absolute atomic E-state index is 0.00595. The summed E-state index contributed by atoms with van der Waals surface area (Å²) in [4.78, 5) is 27.5. The van der Waals surface area contributed by atoms with E-state index >= 15 is 0 Å². The van der Waals surface area contributed by atoms with Gasteiger partial charge in [0, 0.05) is 24.8 Å². The molecule has 2 aromatic rings. The Morgan fingerprint density at radius 2 is 1.65 bits per heavy atom. The van der Waals surface area contributed by atoms with Crippen LogP contribution < -0.4 is 10.2 Å². The van der Waals surface area contributed by atoms with E-state index in [1.165, 1.54) is 0 Å². The molecule has 2 aromatic carbocycles. The summed E-state index contributed by atoms with van der Waals surface area (Å²) in [5, 5.41) is 2.97. The zero-order valence-corrected chi connectivity index (χ0v) is 18.1. The molecule has 0 spiro atoms. The molecule has 1 unspecified atom stereocenters. The molecule has 0 radical (unpaired) electrons. The normalized spacial score (nSPS) is 18.8. The lowest BCUT2D eigenvalue weighted by molar-refractivity contribution is -0.122. The van der Waals surface area contributed by atoms with Crippen LogP contribution in [0.5, 0.6) is 0 Å². The first kappa shape index (κ1) is 21.6. The second-order valence-electron chi connectivity index (χ2n) is 8.67. The van der Waals surface area contributed by atoms with Gasteiger partial charge in [-0.3, -0.25) is 9.59 Å². The van der Waals surface area contributed by atoms with Gasteiger partial charge in [-0.1, -0.05) is 55.3 Å². The van der Waals surface area contributed by atoms with Gasteiger partial charge in [0.1, 0.15) is 0 Å². The Kier molecular flexibility index (Phi) is 7.36. The van der Waals surface area contributed by atoms with Crippen LogP contribution in [-0.4, -0.2) is 31.1 Å². The predicted molar refractivity (Wildman–Crippen MR) is 122 cm³/mol. The summed E-state index contributed by atoms with van der Waals surface area (Å²) < 4.78 is 5.56. The largest absolute Gasteiger partial charge is 0.376 e. The maximum Gasteiger partial charge on any atom is 0.230 e. The molecule has 164 valence electrons. The summed E-state index contributed by atoms with van der Waals surface area (Å²) in [7, 11) is 0. The molecule has 1 heterocycles. The number of carbonyl (C=O) groups excluding carboxylic acids is 2. The number of ether oxygens (including phenoxy) is 1. The van der Waals surface area contributed by atoms with Crippen LogP contribution in [0.1, 0.15) is 49.7 Å². The van der Waals surface area contributed by atoms with Gasteiger partial charge in [-0.15, -0.1) is 0 Å². The Bertz CT molecular complexity index is 854. The summed E-state index contributed by atoms with van der Waals surface area (Å²) in [6.45, 7) is 1.94. The first-order chi connectivity index (χ1) is 15.2. The lowest BCUT2D eigenvalue weighted by Crippen LogP contribution is -2.35. The van der Waals surface area contributed by atoms with E-state index in [4.69, 9.17) is 4.74 Å². The smallest absolute Gasteiger partial charge is 0.230 e. The van der Waals surface area contributed by atoms with Crippen LogP contribution >= 0.6 is 0 Å². The molecule has 1 N–H and O–H groups in total. The highest BCUT2D eigenvalue weighted by atomic mass is 16.5. The van der Waals surface area contributed by atoms with Crippen molar-refractivity contribution in [2.24, 2.45) is 5.92 Å². The zero-order valence-electron chi connectivity index (χ0n) is 18.1. The quantitative estimate of drug-likeness (QED) is 0.695. The van der Waals surface area contributed by atoms with E-state index in [9.17, 15) is 9.59 Å². The number of nitrogens with zero attached hydrogens (tertiary/aromatic N) is 1. The fourth-order valence-electron chi connectivity index (χ4n) is 4.53. The van der Waals surface area contributed by atoms with Gasteiger partial charge in [0.2, 0.25) is 11.8 Å². The number of benzene rings is 2. The first-order valence-electron chi connectivity index (χ1n) is 11.5. The fraction of sp³-hybridized carbons (Fsp3) is 0.462. The molecule has 4 rings (SSSR count). The van der Waals surface area contributed by atoms with Crippen molar-refractivity contribution < 1.29 is 14.3 Å². The van der Waals surface area contributed by atoms with Gasteiger partial charge in [-0.25, -0.2) is 0 Å². The number of nitrogens with one attached hydrogen (secondary N) is 1. The lowest BCUT2D eigenvalue weighted by atomic mass is 10.0. The maximum atomic E-state index is 13.3. The summed E-state index contributed by atoms with van der Waals surface area (Å²) in [6, 6.07) is 18.0. The molecule has 2 fully saturated rings. The SMILES string of the molecule is O=C(Cc1ccc(N(Cc2ccccc2)C(=O)C2CCCC2)cc1)NCC1CCCO1. The van der Waals surface area contributed by atoms with Gasteiger partial charge in [-0.2, -0.15) is 0 Å². The van der Waals surface area contributed by atoms with Crippen molar-refractivity contribution in [1.82, 2.24) is 5.32 Å². The van der Waals surface area contributed by atoms with Gasteiger partial charge in [0.25, 0.3) is 0 Å². The monoisotopic (exact) mass is 420 g/mol. The molecule has 1 aliphatic heterocycles. The molecule has 2 amide bonds. The van der Waals surface area contributed by atoms with Crippen molar-refractivity contribution in [3.05, 3.63) is 65.7 Å². The fourth-order valence-corrected chi connectivity index (χ4v) is 4.53. The number of carbonyl (C=O) groups is 2. The van der Waals surface area contributed by atoms with Crippen LogP contribution in [0.25, 0.3) is 0 Å². The molecule has 5 heteroatoms. The number of hydrogen-bond donors (Lipinski definition) is 1. The topological polar surface area (TPSA) is 58.6 Å². The van der Waals surface area contributed by atoms with Crippen molar-refractivity contribution in [2.45, 2.75) is 57.6 Å². The molecule has 0 aromatic heterocycles. The average molecular weight is 421 g/mol. The van der Waals surface area contributed by atoms with Crippen molar-refractivity contribution in [3.8, 4) is 0 Å². The Balaban J connectivity index is 1.41. The molecule has 1 saturated carbocycles. The maximum absolute atomic E-state index is 13.3. The zero-order chi connectivity index (χ0) is 21.5. The minimum Gasteiger partial charge on any atom is -0.376 e. The Labute approximate surface area is 184 Å². The highest BCUT2D eigenvalue weighted by molar-refractivity contribution is 5.95. The summed E-state index contributed by atoms with van der Waals surface area (Å²) >= 11 is 0. The number of anilines is 1. The number of rotatable bonds is 8. The molecule has 31 heavy (non-hydrogen) atoms. The van der Waals surface area contributed by atoms with Crippen LogP contribution in [-0.2, 0) is 27.3 Å². The van der Waals surface area contributed by atoms with Gasteiger partial charge < -0.3 is 15.0 Å². The summed E-state index contributed by atoms with van der Waals surface area (Å²) in [5.41, 5.74) is 2.96. The van der Waals surface area contributed by atoms with Crippen LogP contribution in [0.4, 0.5) is 5.69 Å². The van der Waals surface area contributed by atoms with Crippen LogP contribution in [0, 0.1) is 5.92 Å². The third kappa shape index (κ3) is 5.95. The van der Waals surface area contributed by atoms with E-state index in [0.717, 1.165) is 61.9 Å². The highest BCUT2D eigenvalue weighted by Gasteiger charge is 2.28. The van der Waals surface area contributed by atoms with E-state index in [-0.39, 0.29) is 23.8 Å². The number of hydrogen-bond acceptors (Lipinski definition) is 3. The van der Waals surface area contributed by atoms with Crippen molar-refractivity contribution in [3.63, 3.8) is 0 Å². The van der Waals surface area contributed by atoms with Crippen molar-refractivity contribution in [1.29, 1.82) is 0 Å². The summed E-state index contributed by atoms with van der Waals surface area (Å²) in [6.07, 6.45) is 6.80. The standard InChI is InChI=1S/C26H32N2O3/c29-25(27-18-24-11-6-16-31-24)17-20-12-14-23(15-13-20)28(19-21-7-2-1-3-8-21)26(30)22-9-4-5-10-22/h1-3,7-8,12-15,22,24H,4-6,9-11,16-19H2,(H,27,29). The van der Waals surface area contributed by atoms with Crippen LogP contribution in [0.15, 0.2) is 54.6 Å². The van der Waals surface area contributed by atoms with E-state index in [1.807, 2.05) is 47.4 Å². The molecule has 0 bridgehead atoms. The van der Waals surface area contributed by atoms with Gasteiger partial charge in [0.05, 0.1) is 19.1 Å². The Morgan fingerprint density at radius 1 is 0.903 bits per heavy atom. The van der Waals surface area contributed by atoms with E-state index < -0.39 is 0 Å². The van der Waals surface area contributed by atoms with Gasteiger partial charge >= 0.3 is 0 Å². The molecule has 1 aliphatic carbocycles. The van der Waals surface area contributed by atoms with Crippen molar-refractivity contribution in [2.75, 3.05) is 18.1 Å². The molecular weight excluding hydrogens is 388 g/mol. The Morgan fingerprint density at radius 3 is 2.32 bits per heavy atom. The van der Waals surface area contributed by atoms with E-state index in [2.05, 4.69) is 17.4 Å². The highest BCUT2D eigenvalue weighted by Crippen LogP contribution is 2.30. The van der Waals surface area contributed by atoms with Crippen LogP contribution in [0.3, 0.4) is 0 Å². The van der Waals surface area contributed by atoms with E-state index in [0.29, 0.717) is 19.5 Å². The first-order valence-corrected chi connectivity index (χ1v) is 11.5. The van der Waals surface area contributed by atoms with Gasteiger partial charge in [0.15, 0.2) is 0 Å². The van der Waals surface area contributed by atoms with Crippen molar-refractivity contribution >= 4 is 17.5 Å². The second kappa shape index (κ2) is 10.6. The summed E-state index contributed by atoms with van der Waals surface area (Å²) in [5.74, 6) is 0.335. The van der Waals surface area contributed by atoms with E-state index in [1.54, 1.807) is 0 Å².